The summed E-state index contributed by atoms with van der Waals surface area (Å²) in [6.45, 7) is 2.67. The van der Waals surface area contributed by atoms with Gasteiger partial charge in [-0.05, 0) is 49.7 Å². The zero-order valence-corrected chi connectivity index (χ0v) is 22.4. The maximum absolute atomic E-state index is 13.8. The Kier molecular flexibility index (Phi) is 11.4. The number of carbonyl (C=O) groups is 4. The van der Waals surface area contributed by atoms with E-state index in [4.69, 9.17) is 9.47 Å². The smallest absolute Gasteiger partial charge is 0.416 e. The molecule has 0 bridgehead atoms. The highest BCUT2D eigenvalue weighted by Crippen LogP contribution is 2.37. The lowest BCUT2D eigenvalue weighted by molar-refractivity contribution is -0.154. The number of hydrogen-bond acceptors (Lipinski definition) is 7. The Labute approximate surface area is 229 Å². The van der Waals surface area contributed by atoms with Gasteiger partial charge in [0.2, 0.25) is 11.8 Å². The minimum atomic E-state index is -4.69. The van der Waals surface area contributed by atoms with Gasteiger partial charge in [-0.3, -0.25) is 19.2 Å². The van der Waals surface area contributed by atoms with Crippen LogP contribution in [-0.2, 0) is 34.8 Å². The average molecular weight is 562 g/mol. The lowest BCUT2D eigenvalue weighted by Gasteiger charge is -2.33. The first-order valence-electron chi connectivity index (χ1n) is 12.2. The molecule has 0 fully saturated rings. The van der Waals surface area contributed by atoms with Crippen molar-refractivity contribution in [2.75, 3.05) is 39.2 Å². The Morgan fingerprint density at radius 1 is 1.07 bits per heavy atom. The van der Waals surface area contributed by atoms with Gasteiger partial charge in [0, 0.05) is 32.3 Å². The minimum Gasteiger partial charge on any atom is -0.465 e. The highest BCUT2D eigenvalue weighted by molar-refractivity contribution is 6.09. The highest BCUT2D eigenvalue weighted by atomic mass is 19.4. The number of anilines is 1. The largest absolute Gasteiger partial charge is 0.465 e. The number of nitriles is 1. The number of hydrogen-bond donors (Lipinski definition) is 1. The fraction of sp³-hybridized carbons (Fsp3) is 0.393. The van der Waals surface area contributed by atoms with Crippen molar-refractivity contribution in [1.29, 1.82) is 5.26 Å². The Hall–Kier alpha value is -4.24. The number of likely N-dealkylation sites (N-methyl/N-ethyl adjacent to an activating group) is 1. The predicted molar refractivity (Wildman–Crippen MR) is 138 cm³/mol. The van der Waals surface area contributed by atoms with Crippen molar-refractivity contribution >= 4 is 29.3 Å². The standard InChI is InChI=1S/C28H30F3N3O6/c1-5-40-27(38)22(17(2)35)23(19-11-9-18(16-32)10-12-19)24(26(37)34(3)13-14-39-4)25(36)33-21-8-6-7-20(15-21)28(29,30)31/h6-12,15,22-24H,5,13-14H2,1-4H3,(H,33,36). The van der Waals surface area contributed by atoms with E-state index in [9.17, 15) is 37.6 Å². The zero-order valence-electron chi connectivity index (χ0n) is 22.4. The Morgan fingerprint density at radius 2 is 1.73 bits per heavy atom. The molecule has 0 radical (unpaired) electrons. The third kappa shape index (κ3) is 8.13. The van der Waals surface area contributed by atoms with Crippen LogP contribution in [0.1, 0.15) is 36.5 Å². The van der Waals surface area contributed by atoms with Gasteiger partial charge in [0.1, 0.15) is 17.6 Å². The number of nitrogens with zero attached hydrogens (tertiary/aromatic N) is 2. The van der Waals surface area contributed by atoms with Crippen LogP contribution in [0.3, 0.4) is 0 Å². The van der Waals surface area contributed by atoms with Crippen LogP contribution in [0.2, 0.25) is 0 Å². The first-order chi connectivity index (χ1) is 18.8. The van der Waals surface area contributed by atoms with E-state index >= 15 is 0 Å². The van der Waals surface area contributed by atoms with E-state index in [0.29, 0.717) is 6.07 Å². The molecule has 2 aromatic rings. The number of ketones is 1. The van der Waals surface area contributed by atoms with E-state index in [1.165, 1.54) is 56.3 Å². The van der Waals surface area contributed by atoms with Crippen molar-refractivity contribution in [3.05, 3.63) is 65.2 Å². The van der Waals surface area contributed by atoms with Gasteiger partial charge in [-0.15, -0.1) is 0 Å². The van der Waals surface area contributed by atoms with Gasteiger partial charge in [-0.1, -0.05) is 18.2 Å². The summed E-state index contributed by atoms with van der Waals surface area (Å²) in [7, 11) is 2.79. The summed E-state index contributed by atoms with van der Waals surface area (Å²) < 4.78 is 50.0. The lowest BCUT2D eigenvalue weighted by Crippen LogP contribution is -2.47. The summed E-state index contributed by atoms with van der Waals surface area (Å²) in [4.78, 5) is 54.6. The summed E-state index contributed by atoms with van der Waals surface area (Å²) >= 11 is 0. The Bertz CT molecular complexity index is 1260. The van der Waals surface area contributed by atoms with Crippen LogP contribution < -0.4 is 5.32 Å². The number of halogens is 3. The van der Waals surface area contributed by atoms with Gasteiger partial charge in [-0.25, -0.2) is 0 Å². The van der Waals surface area contributed by atoms with Crippen molar-refractivity contribution in [1.82, 2.24) is 4.90 Å². The van der Waals surface area contributed by atoms with Crippen molar-refractivity contribution in [3.63, 3.8) is 0 Å². The zero-order chi connectivity index (χ0) is 30.0. The molecule has 12 heteroatoms. The molecule has 0 aliphatic carbocycles. The predicted octanol–water partition coefficient (Wildman–Crippen LogP) is 3.79. The first-order valence-corrected chi connectivity index (χ1v) is 12.2. The SMILES string of the molecule is CCOC(=O)C(C(C)=O)C(c1ccc(C#N)cc1)C(C(=O)Nc1cccc(C(F)(F)F)c1)C(=O)N(C)CCOC. The fourth-order valence-corrected chi connectivity index (χ4v) is 4.15. The number of rotatable bonds is 12. The monoisotopic (exact) mass is 561 g/mol. The van der Waals surface area contributed by atoms with Crippen LogP contribution in [0.15, 0.2) is 48.5 Å². The van der Waals surface area contributed by atoms with Crippen molar-refractivity contribution in [2.24, 2.45) is 11.8 Å². The van der Waals surface area contributed by atoms with Crippen LogP contribution in [0.25, 0.3) is 0 Å². The number of amides is 2. The van der Waals surface area contributed by atoms with E-state index in [2.05, 4.69) is 5.32 Å². The molecule has 9 nitrogen and oxygen atoms in total. The van der Waals surface area contributed by atoms with Crippen LogP contribution in [0.5, 0.6) is 0 Å². The molecule has 1 N–H and O–H groups in total. The quantitative estimate of drug-likeness (QED) is 0.309. The first kappa shape index (κ1) is 32.0. The van der Waals surface area contributed by atoms with E-state index in [1.807, 2.05) is 6.07 Å². The summed E-state index contributed by atoms with van der Waals surface area (Å²) in [6, 6.07) is 11.4. The van der Waals surface area contributed by atoms with E-state index in [-0.39, 0.29) is 36.6 Å². The third-order valence-electron chi connectivity index (χ3n) is 6.13. The molecule has 0 aliphatic heterocycles. The molecule has 2 rings (SSSR count). The molecule has 40 heavy (non-hydrogen) atoms. The summed E-state index contributed by atoms with van der Waals surface area (Å²) in [6.07, 6.45) is -4.69. The number of benzene rings is 2. The number of ether oxygens (including phenoxy) is 2. The van der Waals surface area contributed by atoms with Gasteiger partial charge in [0.15, 0.2) is 0 Å². The van der Waals surface area contributed by atoms with Gasteiger partial charge < -0.3 is 19.7 Å². The molecule has 3 atom stereocenters. The van der Waals surface area contributed by atoms with Crippen LogP contribution in [-0.4, -0.2) is 62.4 Å². The second-order valence-electron chi connectivity index (χ2n) is 8.90. The fourth-order valence-electron chi connectivity index (χ4n) is 4.15. The van der Waals surface area contributed by atoms with Crippen molar-refractivity contribution < 1.29 is 41.8 Å². The maximum atomic E-state index is 13.8. The molecule has 0 heterocycles. The normalized spacial score (nSPS) is 13.3. The van der Waals surface area contributed by atoms with E-state index in [0.717, 1.165) is 19.1 Å². The number of methoxy groups -OCH3 is 1. The number of carbonyl (C=O) groups excluding carboxylic acids is 4. The molecule has 2 aromatic carbocycles. The lowest BCUT2D eigenvalue weighted by atomic mass is 9.73. The Morgan fingerprint density at radius 3 is 2.25 bits per heavy atom. The molecule has 0 spiro atoms. The van der Waals surface area contributed by atoms with Gasteiger partial charge in [0.25, 0.3) is 0 Å². The molecule has 0 aliphatic rings. The van der Waals surface area contributed by atoms with E-state index in [1.54, 1.807) is 0 Å². The Balaban J connectivity index is 2.73. The number of alkyl halides is 3. The molecule has 0 saturated carbocycles. The average Bonchev–Trinajstić information content (AvgIpc) is 2.90. The second kappa shape index (κ2) is 14.2. The van der Waals surface area contributed by atoms with Crippen LogP contribution in [0.4, 0.5) is 18.9 Å². The number of Topliss-reactive ketones (excluding diaryl/α,β-unsaturated/α-hetero) is 1. The van der Waals surface area contributed by atoms with Crippen LogP contribution in [0, 0.1) is 23.2 Å². The van der Waals surface area contributed by atoms with Crippen molar-refractivity contribution in [2.45, 2.75) is 25.9 Å². The van der Waals surface area contributed by atoms with Gasteiger partial charge in [-0.2, -0.15) is 18.4 Å². The molecule has 2 amide bonds. The number of nitrogens with one attached hydrogen (secondary N) is 1. The summed E-state index contributed by atoms with van der Waals surface area (Å²) in [5.74, 6) is -8.34. The van der Waals surface area contributed by atoms with Gasteiger partial charge >= 0.3 is 12.1 Å². The summed E-state index contributed by atoms with van der Waals surface area (Å²) in [5, 5.41) is 11.6. The molecule has 0 aromatic heterocycles. The molecular formula is C28H30F3N3O6. The minimum absolute atomic E-state index is 0.0346. The van der Waals surface area contributed by atoms with E-state index < -0.39 is 53.1 Å². The maximum Gasteiger partial charge on any atom is 0.416 e. The topological polar surface area (TPSA) is 126 Å². The highest BCUT2D eigenvalue weighted by Gasteiger charge is 2.47. The second-order valence-corrected chi connectivity index (χ2v) is 8.90. The molecule has 214 valence electrons. The molecule has 3 unspecified atom stereocenters. The van der Waals surface area contributed by atoms with Crippen molar-refractivity contribution in [3.8, 4) is 6.07 Å². The van der Waals surface area contributed by atoms with Gasteiger partial charge in [0.05, 0.1) is 30.4 Å². The molecule has 0 saturated heterocycles. The number of esters is 1. The summed E-state index contributed by atoms with van der Waals surface area (Å²) in [5.41, 5.74) is -0.829. The molecular weight excluding hydrogens is 531 g/mol. The van der Waals surface area contributed by atoms with Crippen LogP contribution >= 0.6 is 0 Å². The third-order valence-corrected chi connectivity index (χ3v) is 6.13.